The largest absolute Gasteiger partial charge is 0.309 e. The molecule has 0 fully saturated rings. The summed E-state index contributed by atoms with van der Waals surface area (Å²) in [6.45, 7) is 4.10. The lowest BCUT2D eigenvalue weighted by molar-refractivity contribution is -0.385. The van der Waals surface area contributed by atoms with Gasteiger partial charge in [0.25, 0.3) is 11.2 Å². The van der Waals surface area contributed by atoms with Crippen molar-refractivity contribution in [2.45, 2.75) is 26.8 Å². The van der Waals surface area contributed by atoms with Gasteiger partial charge in [-0.1, -0.05) is 29.3 Å². The van der Waals surface area contributed by atoms with E-state index in [4.69, 9.17) is 0 Å². The SMILES string of the molecule is CCC(CBr)Cn1cc([N+](=O)[O-])c(C)cc1=O. The van der Waals surface area contributed by atoms with Crippen LogP contribution in [0.15, 0.2) is 17.1 Å². The first-order valence-electron chi connectivity index (χ1n) is 5.41. The Balaban J connectivity index is 3.12. The van der Waals surface area contributed by atoms with E-state index < -0.39 is 4.92 Å². The first kappa shape index (κ1) is 13.9. The number of aromatic nitrogens is 1. The number of pyridine rings is 1. The average molecular weight is 303 g/mol. The third kappa shape index (κ3) is 3.39. The van der Waals surface area contributed by atoms with Gasteiger partial charge in [-0.2, -0.15) is 0 Å². The predicted molar refractivity (Wildman–Crippen MR) is 69.7 cm³/mol. The molecule has 0 N–H and O–H groups in total. The molecule has 1 unspecified atom stereocenters. The van der Waals surface area contributed by atoms with E-state index in [1.807, 2.05) is 6.92 Å². The topological polar surface area (TPSA) is 65.1 Å². The molecule has 0 aliphatic rings. The zero-order valence-corrected chi connectivity index (χ0v) is 11.4. The molecular weight excluding hydrogens is 288 g/mol. The van der Waals surface area contributed by atoms with Crippen molar-refractivity contribution in [2.24, 2.45) is 5.92 Å². The minimum atomic E-state index is -0.458. The van der Waals surface area contributed by atoms with Crippen LogP contribution < -0.4 is 5.56 Å². The van der Waals surface area contributed by atoms with Gasteiger partial charge in [0.15, 0.2) is 0 Å². The van der Waals surface area contributed by atoms with Crippen molar-refractivity contribution in [2.75, 3.05) is 5.33 Å². The molecule has 17 heavy (non-hydrogen) atoms. The lowest BCUT2D eigenvalue weighted by atomic mass is 10.1. The second kappa shape index (κ2) is 5.95. The Morgan fingerprint density at radius 1 is 1.59 bits per heavy atom. The molecule has 1 aromatic rings. The normalized spacial score (nSPS) is 12.4. The first-order valence-corrected chi connectivity index (χ1v) is 6.53. The highest BCUT2D eigenvalue weighted by molar-refractivity contribution is 9.09. The van der Waals surface area contributed by atoms with E-state index in [0.717, 1.165) is 11.8 Å². The number of rotatable bonds is 5. The maximum absolute atomic E-state index is 11.7. The van der Waals surface area contributed by atoms with E-state index in [-0.39, 0.29) is 11.2 Å². The molecule has 0 radical (unpaired) electrons. The summed E-state index contributed by atoms with van der Waals surface area (Å²) in [6.07, 6.45) is 2.25. The second-order valence-corrected chi connectivity index (χ2v) is 4.67. The van der Waals surface area contributed by atoms with Crippen LogP contribution in [0.2, 0.25) is 0 Å². The van der Waals surface area contributed by atoms with E-state index in [2.05, 4.69) is 15.9 Å². The van der Waals surface area contributed by atoms with Crippen molar-refractivity contribution in [1.82, 2.24) is 4.57 Å². The molecule has 0 aliphatic carbocycles. The average Bonchev–Trinajstić information content (AvgIpc) is 2.27. The number of nitro groups is 1. The molecule has 0 aromatic carbocycles. The minimum Gasteiger partial charge on any atom is -0.309 e. The zero-order valence-electron chi connectivity index (χ0n) is 9.85. The summed E-state index contributed by atoms with van der Waals surface area (Å²) >= 11 is 3.37. The van der Waals surface area contributed by atoms with Gasteiger partial charge in [-0.05, 0) is 12.8 Å². The van der Waals surface area contributed by atoms with Crippen molar-refractivity contribution in [3.8, 4) is 0 Å². The summed E-state index contributed by atoms with van der Waals surface area (Å²) in [7, 11) is 0. The number of nitrogens with zero attached hydrogens (tertiary/aromatic N) is 2. The summed E-state index contributed by atoms with van der Waals surface area (Å²) in [5.74, 6) is 0.301. The number of halogens is 1. The predicted octanol–water partition coefficient (Wildman–Crippen LogP) is 2.49. The van der Waals surface area contributed by atoms with E-state index in [1.165, 1.54) is 16.8 Å². The van der Waals surface area contributed by atoms with Gasteiger partial charge in [0.2, 0.25) is 0 Å². The van der Waals surface area contributed by atoms with E-state index in [0.29, 0.717) is 18.0 Å². The fraction of sp³-hybridized carbons (Fsp3) is 0.545. The molecule has 0 amide bonds. The van der Waals surface area contributed by atoms with Gasteiger partial charge >= 0.3 is 0 Å². The van der Waals surface area contributed by atoms with Gasteiger partial charge in [-0.15, -0.1) is 0 Å². The van der Waals surface area contributed by atoms with Gasteiger partial charge in [0.1, 0.15) is 0 Å². The summed E-state index contributed by atoms with van der Waals surface area (Å²) in [4.78, 5) is 22.0. The van der Waals surface area contributed by atoms with Crippen LogP contribution in [0.1, 0.15) is 18.9 Å². The van der Waals surface area contributed by atoms with Crippen molar-refractivity contribution in [1.29, 1.82) is 0 Å². The quantitative estimate of drug-likeness (QED) is 0.477. The van der Waals surface area contributed by atoms with Crippen LogP contribution in [-0.4, -0.2) is 14.8 Å². The number of hydrogen-bond acceptors (Lipinski definition) is 3. The molecule has 0 saturated heterocycles. The van der Waals surface area contributed by atoms with Crippen LogP contribution in [0.5, 0.6) is 0 Å². The third-order valence-corrected chi connectivity index (χ3v) is 3.67. The number of hydrogen-bond donors (Lipinski definition) is 0. The van der Waals surface area contributed by atoms with Crippen LogP contribution in [0.3, 0.4) is 0 Å². The highest BCUT2D eigenvalue weighted by atomic mass is 79.9. The summed E-state index contributed by atoms with van der Waals surface area (Å²) in [6, 6.07) is 1.32. The van der Waals surface area contributed by atoms with Crippen LogP contribution in [0.25, 0.3) is 0 Å². The van der Waals surface area contributed by atoms with Gasteiger partial charge in [0, 0.05) is 23.5 Å². The maximum Gasteiger partial charge on any atom is 0.288 e. The van der Waals surface area contributed by atoms with Gasteiger partial charge in [-0.25, -0.2) is 0 Å². The molecule has 1 aromatic heterocycles. The monoisotopic (exact) mass is 302 g/mol. The third-order valence-electron chi connectivity index (χ3n) is 2.75. The molecule has 5 nitrogen and oxygen atoms in total. The maximum atomic E-state index is 11.7. The Kier molecular flexibility index (Phi) is 4.86. The first-order chi connectivity index (χ1) is 7.99. The molecule has 94 valence electrons. The standard InChI is InChI=1S/C11H15BrN2O3/c1-3-9(5-12)6-13-7-10(14(16)17)8(2)4-11(13)15/h4,7,9H,3,5-6H2,1-2H3. The Labute approximate surface area is 108 Å². The molecule has 0 saturated carbocycles. The molecule has 0 spiro atoms. The fourth-order valence-corrected chi connectivity index (χ4v) is 2.22. The lowest BCUT2D eigenvalue weighted by Gasteiger charge is -2.13. The highest BCUT2D eigenvalue weighted by Crippen LogP contribution is 2.16. The Bertz CT molecular complexity index is 466. The second-order valence-electron chi connectivity index (χ2n) is 4.02. The van der Waals surface area contributed by atoms with Crippen molar-refractivity contribution in [3.63, 3.8) is 0 Å². The minimum absolute atomic E-state index is 0.00553. The number of alkyl halides is 1. The number of aryl methyl sites for hydroxylation is 1. The molecule has 1 heterocycles. The van der Waals surface area contributed by atoms with Crippen LogP contribution in [-0.2, 0) is 6.54 Å². The highest BCUT2D eigenvalue weighted by Gasteiger charge is 2.15. The van der Waals surface area contributed by atoms with Crippen molar-refractivity contribution >= 4 is 21.6 Å². The Morgan fingerprint density at radius 2 is 2.24 bits per heavy atom. The lowest BCUT2D eigenvalue weighted by Crippen LogP contribution is -2.24. The van der Waals surface area contributed by atoms with Gasteiger partial charge in [-0.3, -0.25) is 14.9 Å². The Morgan fingerprint density at radius 3 is 2.71 bits per heavy atom. The van der Waals surface area contributed by atoms with Gasteiger partial charge in [0.05, 0.1) is 11.1 Å². The molecule has 6 heteroatoms. The van der Waals surface area contributed by atoms with E-state index >= 15 is 0 Å². The van der Waals surface area contributed by atoms with Gasteiger partial charge < -0.3 is 4.57 Å². The van der Waals surface area contributed by atoms with Crippen molar-refractivity contribution < 1.29 is 4.92 Å². The van der Waals surface area contributed by atoms with Crippen LogP contribution in [0, 0.1) is 23.0 Å². The zero-order chi connectivity index (χ0) is 13.0. The summed E-state index contributed by atoms with van der Waals surface area (Å²) in [5, 5.41) is 11.6. The van der Waals surface area contributed by atoms with E-state index in [9.17, 15) is 14.9 Å². The molecule has 0 aliphatic heterocycles. The molecule has 1 rings (SSSR count). The van der Waals surface area contributed by atoms with Crippen molar-refractivity contribution in [3.05, 3.63) is 38.3 Å². The smallest absolute Gasteiger partial charge is 0.288 e. The molecule has 1 atom stereocenters. The van der Waals surface area contributed by atoms with E-state index in [1.54, 1.807) is 6.92 Å². The van der Waals surface area contributed by atoms with Crippen LogP contribution >= 0.6 is 15.9 Å². The van der Waals surface area contributed by atoms with Crippen LogP contribution in [0.4, 0.5) is 5.69 Å². The molecular formula is C11H15BrN2O3. The summed E-state index contributed by atoms with van der Waals surface area (Å²) < 4.78 is 1.42. The fourth-order valence-electron chi connectivity index (χ4n) is 1.55. The Hall–Kier alpha value is -1.17. The molecule has 0 bridgehead atoms. The summed E-state index contributed by atoms with van der Waals surface area (Å²) in [5.41, 5.74) is 0.213.